The van der Waals surface area contributed by atoms with Crippen molar-refractivity contribution in [2.45, 2.75) is 36.0 Å². The topological polar surface area (TPSA) is 118 Å². The molecule has 1 aliphatic rings. The van der Waals surface area contributed by atoms with Crippen LogP contribution in [-0.4, -0.2) is 36.3 Å². The molecule has 0 aromatic carbocycles. The molecule has 1 aliphatic carbocycles. The summed E-state index contributed by atoms with van der Waals surface area (Å²) in [6.45, 7) is -0.331. The first kappa shape index (κ1) is 13.5. The number of nitriles is 1. The normalized spacial score (nSPS) is 12.9. The van der Waals surface area contributed by atoms with Crippen LogP contribution in [-0.2, 0) is 24.2 Å². The smallest absolute Gasteiger partial charge is 0.325 e. The Morgan fingerprint density at radius 3 is 3.14 bits per heavy atom. The molecule has 0 spiro atoms. The van der Waals surface area contributed by atoms with Gasteiger partial charge >= 0.3 is 5.97 Å². The van der Waals surface area contributed by atoms with Crippen LogP contribution in [0.1, 0.15) is 23.2 Å². The summed E-state index contributed by atoms with van der Waals surface area (Å²) in [5, 5.41) is 29.7. The Kier molecular flexibility index (Phi) is 3.53. The minimum absolute atomic E-state index is 0.305. The Bertz CT molecular complexity index is 751. The fourth-order valence-electron chi connectivity index (χ4n) is 2.19. The summed E-state index contributed by atoms with van der Waals surface area (Å²) >= 11 is 1.11. The van der Waals surface area contributed by atoms with Crippen LogP contribution in [0.5, 0.6) is 0 Å². The molecule has 0 fully saturated rings. The van der Waals surface area contributed by atoms with Gasteiger partial charge < -0.3 is 5.11 Å². The minimum Gasteiger partial charge on any atom is -0.480 e. The summed E-state index contributed by atoms with van der Waals surface area (Å²) in [6, 6.07) is 3.97. The van der Waals surface area contributed by atoms with E-state index < -0.39 is 5.97 Å². The maximum atomic E-state index is 10.8. The standard InChI is InChI=1S/C12H10N6O2S/c13-5-8-4-7-2-1-3-9(7)14-11(8)21-12-15-16-17-18(12)6-10(19)20/h4H,1-3,6H2,(H,19,20). The summed E-state index contributed by atoms with van der Waals surface area (Å²) in [5.74, 6) is -1.04. The molecule has 0 saturated carbocycles. The third-order valence-electron chi connectivity index (χ3n) is 3.11. The SMILES string of the molecule is N#Cc1cc2c(nc1Sc1nnnn1CC(=O)O)CCC2. The van der Waals surface area contributed by atoms with Crippen LogP contribution < -0.4 is 0 Å². The van der Waals surface area contributed by atoms with E-state index in [-0.39, 0.29) is 6.54 Å². The van der Waals surface area contributed by atoms with Crippen LogP contribution in [0.4, 0.5) is 0 Å². The fraction of sp³-hybridized carbons (Fsp3) is 0.333. The van der Waals surface area contributed by atoms with Crippen LogP contribution >= 0.6 is 11.8 Å². The van der Waals surface area contributed by atoms with E-state index in [0.717, 1.165) is 42.3 Å². The number of aliphatic carboxylic acids is 1. The average Bonchev–Trinajstić information content (AvgIpc) is 3.06. The number of rotatable bonds is 4. The molecule has 0 atom stereocenters. The lowest BCUT2D eigenvalue weighted by Gasteiger charge is -2.06. The van der Waals surface area contributed by atoms with Crippen molar-refractivity contribution in [2.75, 3.05) is 0 Å². The van der Waals surface area contributed by atoms with E-state index in [9.17, 15) is 10.1 Å². The van der Waals surface area contributed by atoms with Gasteiger partial charge in [0.05, 0.1) is 5.56 Å². The summed E-state index contributed by atoms with van der Waals surface area (Å²) in [6.07, 6.45) is 2.88. The molecule has 2 aromatic rings. The zero-order valence-corrected chi connectivity index (χ0v) is 11.7. The number of carboxylic acids is 1. The Morgan fingerprint density at radius 1 is 1.52 bits per heavy atom. The number of fused-ring (bicyclic) bond motifs is 1. The third-order valence-corrected chi connectivity index (χ3v) is 4.09. The molecule has 0 bridgehead atoms. The van der Waals surface area contributed by atoms with E-state index in [1.54, 1.807) is 0 Å². The number of nitrogens with zero attached hydrogens (tertiary/aromatic N) is 6. The highest BCUT2D eigenvalue weighted by atomic mass is 32.2. The predicted molar refractivity (Wildman–Crippen MR) is 70.6 cm³/mol. The van der Waals surface area contributed by atoms with Gasteiger partial charge in [0.25, 0.3) is 0 Å². The van der Waals surface area contributed by atoms with Crippen molar-refractivity contribution in [1.29, 1.82) is 5.26 Å². The minimum atomic E-state index is -1.04. The van der Waals surface area contributed by atoms with Gasteiger partial charge in [-0.25, -0.2) is 9.67 Å². The largest absolute Gasteiger partial charge is 0.480 e. The molecule has 0 saturated heterocycles. The quantitative estimate of drug-likeness (QED) is 0.875. The van der Waals surface area contributed by atoms with E-state index in [0.29, 0.717) is 15.7 Å². The lowest BCUT2D eigenvalue weighted by molar-refractivity contribution is -0.138. The molecule has 2 aromatic heterocycles. The summed E-state index contributed by atoms with van der Waals surface area (Å²) < 4.78 is 1.17. The highest BCUT2D eigenvalue weighted by molar-refractivity contribution is 7.99. The van der Waals surface area contributed by atoms with Gasteiger partial charge in [-0.05, 0) is 53.1 Å². The van der Waals surface area contributed by atoms with Crippen molar-refractivity contribution in [3.8, 4) is 6.07 Å². The second kappa shape index (κ2) is 5.49. The number of aryl methyl sites for hydroxylation is 2. The van der Waals surface area contributed by atoms with E-state index >= 15 is 0 Å². The van der Waals surface area contributed by atoms with E-state index in [4.69, 9.17) is 5.11 Å². The Labute approximate surface area is 123 Å². The van der Waals surface area contributed by atoms with Gasteiger partial charge in [0.1, 0.15) is 17.6 Å². The van der Waals surface area contributed by atoms with Crippen molar-refractivity contribution in [3.05, 3.63) is 22.9 Å². The van der Waals surface area contributed by atoms with E-state index in [1.807, 2.05) is 6.07 Å². The molecular formula is C12H10N6O2S. The Morgan fingerprint density at radius 2 is 2.38 bits per heavy atom. The number of carboxylic acid groups (broad SMARTS) is 1. The first-order valence-corrected chi connectivity index (χ1v) is 7.07. The number of carbonyl (C=O) groups is 1. The number of hydrogen-bond acceptors (Lipinski definition) is 7. The van der Waals surface area contributed by atoms with Gasteiger partial charge in [-0.15, -0.1) is 5.10 Å². The second-order valence-corrected chi connectivity index (χ2v) is 5.48. The summed E-state index contributed by atoms with van der Waals surface area (Å²) in [7, 11) is 0. The maximum absolute atomic E-state index is 10.8. The lowest BCUT2D eigenvalue weighted by Crippen LogP contribution is -2.11. The van der Waals surface area contributed by atoms with Crippen molar-refractivity contribution in [3.63, 3.8) is 0 Å². The molecule has 0 unspecified atom stereocenters. The average molecular weight is 302 g/mol. The van der Waals surface area contributed by atoms with Gasteiger partial charge in [0, 0.05) is 5.69 Å². The highest BCUT2D eigenvalue weighted by Gasteiger charge is 2.19. The number of hydrogen-bond donors (Lipinski definition) is 1. The van der Waals surface area contributed by atoms with Crippen molar-refractivity contribution in [2.24, 2.45) is 0 Å². The van der Waals surface area contributed by atoms with Crippen LogP contribution in [0, 0.1) is 11.3 Å². The Balaban J connectivity index is 1.93. The first-order valence-electron chi connectivity index (χ1n) is 6.26. The molecule has 0 aliphatic heterocycles. The Hall–Kier alpha value is -2.47. The van der Waals surface area contributed by atoms with Crippen LogP contribution in [0.25, 0.3) is 0 Å². The zero-order chi connectivity index (χ0) is 14.8. The zero-order valence-electron chi connectivity index (χ0n) is 10.9. The van der Waals surface area contributed by atoms with Crippen LogP contribution in [0.3, 0.4) is 0 Å². The summed E-state index contributed by atoms with van der Waals surface area (Å²) in [5.41, 5.74) is 2.57. The maximum Gasteiger partial charge on any atom is 0.325 e. The van der Waals surface area contributed by atoms with Crippen molar-refractivity contribution < 1.29 is 9.90 Å². The molecular weight excluding hydrogens is 292 g/mol. The highest BCUT2D eigenvalue weighted by Crippen LogP contribution is 2.31. The second-order valence-electron chi connectivity index (χ2n) is 4.53. The predicted octanol–water partition coefficient (Wildman–Crippen LogP) is 0.664. The monoisotopic (exact) mass is 302 g/mol. The van der Waals surface area contributed by atoms with Crippen LogP contribution in [0.15, 0.2) is 16.2 Å². The van der Waals surface area contributed by atoms with Crippen molar-refractivity contribution in [1.82, 2.24) is 25.2 Å². The number of tetrazole rings is 1. The molecule has 3 rings (SSSR count). The molecule has 21 heavy (non-hydrogen) atoms. The third kappa shape index (κ3) is 2.71. The van der Waals surface area contributed by atoms with Crippen molar-refractivity contribution >= 4 is 17.7 Å². The lowest BCUT2D eigenvalue weighted by atomic mass is 10.2. The molecule has 1 N–H and O–H groups in total. The fourth-order valence-corrected chi connectivity index (χ4v) is 3.02. The van der Waals surface area contributed by atoms with Gasteiger partial charge in [-0.2, -0.15) is 5.26 Å². The number of aromatic nitrogens is 5. The van der Waals surface area contributed by atoms with Gasteiger partial charge in [-0.3, -0.25) is 4.79 Å². The molecule has 8 nitrogen and oxygen atoms in total. The van der Waals surface area contributed by atoms with Crippen LogP contribution in [0.2, 0.25) is 0 Å². The van der Waals surface area contributed by atoms with Gasteiger partial charge in [0.2, 0.25) is 5.16 Å². The van der Waals surface area contributed by atoms with Gasteiger partial charge in [0.15, 0.2) is 0 Å². The molecule has 0 radical (unpaired) electrons. The molecule has 9 heteroatoms. The number of pyridine rings is 1. The van der Waals surface area contributed by atoms with Gasteiger partial charge in [-0.1, -0.05) is 0 Å². The van der Waals surface area contributed by atoms with E-state index in [2.05, 4.69) is 26.6 Å². The summed E-state index contributed by atoms with van der Waals surface area (Å²) in [4.78, 5) is 15.3. The molecule has 0 amide bonds. The molecule has 106 valence electrons. The first-order chi connectivity index (χ1) is 10.2. The molecule has 2 heterocycles. The van der Waals surface area contributed by atoms with E-state index in [1.165, 1.54) is 4.68 Å².